The van der Waals surface area contributed by atoms with E-state index >= 15 is 4.39 Å². The Hall–Kier alpha value is -5.30. The summed E-state index contributed by atoms with van der Waals surface area (Å²) in [5, 5.41) is 12.5. The quantitative estimate of drug-likeness (QED) is 0.150. The van der Waals surface area contributed by atoms with Crippen molar-refractivity contribution in [3.8, 4) is 17.2 Å². The standard InChI is InChI=1S/C31H29FN8O3S/c1-3-29(41)40-11-7-19(8-12-40)37-26-16-22-25(17-27(26)42-2)35-18-36-30(22)38-24-5-4-20(14-23(24)32)43-21-6-9-33-28(15-21)39-31-34-10-13-44-31/h3-6,9-10,13-19,37H,1,7-8,11-12H2,2H3,(H,33,34,39)(H,35,36,38)/i2D3. The molecule has 4 heterocycles. The minimum absolute atomic E-state index is 0.0640. The van der Waals surface area contributed by atoms with Crippen LogP contribution in [0.5, 0.6) is 17.2 Å². The van der Waals surface area contributed by atoms with Crippen molar-refractivity contribution in [3.63, 3.8) is 0 Å². The number of carbonyl (C=O) groups excluding carboxylic acids is 1. The molecule has 5 aromatic rings. The van der Waals surface area contributed by atoms with Gasteiger partial charge in [0.2, 0.25) is 5.91 Å². The van der Waals surface area contributed by atoms with Crippen LogP contribution >= 0.6 is 11.3 Å². The molecule has 0 spiro atoms. The zero-order valence-electron chi connectivity index (χ0n) is 26.3. The van der Waals surface area contributed by atoms with Crippen LogP contribution in [-0.4, -0.2) is 56.9 Å². The number of methoxy groups -OCH3 is 1. The lowest BCUT2D eigenvalue weighted by Gasteiger charge is -2.32. The third kappa shape index (κ3) is 6.52. The summed E-state index contributed by atoms with van der Waals surface area (Å²) >= 11 is 1.43. The van der Waals surface area contributed by atoms with Gasteiger partial charge in [-0.1, -0.05) is 6.58 Å². The zero-order valence-corrected chi connectivity index (χ0v) is 24.1. The van der Waals surface area contributed by atoms with Gasteiger partial charge in [-0.05, 0) is 43.2 Å². The molecular formula is C31H29FN8O3S. The van der Waals surface area contributed by atoms with E-state index in [2.05, 4.69) is 42.5 Å². The lowest BCUT2D eigenvalue weighted by atomic mass is 10.0. The molecular weight excluding hydrogens is 583 g/mol. The van der Waals surface area contributed by atoms with Crippen LogP contribution in [0.15, 0.2) is 79.2 Å². The number of pyridine rings is 1. The molecule has 1 aliphatic rings. The van der Waals surface area contributed by atoms with Gasteiger partial charge in [0.25, 0.3) is 0 Å². The summed E-state index contributed by atoms with van der Waals surface area (Å²) in [7, 11) is -2.71. The Balaban J connectivity index is 1.22. The SMILES string of the molecule is [2H]C([2H])([2H])Oc1cc2ncnc(Nc3ccc(Oc4ccnc(Nc5nccs5)c4)cc3F)c2cc1NC1CCN(C(=O)C=C)CC1. The lowest BCUT2D eigenvalue weighted by molar-refractivity contribution is -0.126. The largest absolute Gasteiger partial charge is 0.495 e. The first-order valence-corrected chi connectivity index (χ1v) is 14.5. The van der Waals surface area contributed by atoms with Gasteiger partial charge in [0.15, 0.2) is 5.13 Å². The molecule has 2 aromatic carbocycles. The van der Waals surface area contributed by atoms with Gasteiger partial charge in [-0.25, -0.2) is 24.3 Å². The number of carbonyl (C=O) groups is 1. The van der Waals surface area contributed by atoms with Crippen molar-refractivity contribution in [1.29, 1.82) is 0 Å². The molecule has 6 rings (SSSR count). The molecule has 3 aromatic heterocycles. The van der Waals surface area contributed by atoms with Crippen LogP contribution in [0.4, 0.5) is 32.5 Å². The average molecular weight is 616 g/mol. The maximum absolute atomic E-state index is 15.4. The fourth-order valence-electron chi connectivity index (χ4n) is 4.84. The number of halogens is 1. The monoisotopic (exact) mass is 615 g/mol. The van der Waals surface area contributed by atoms with E-state index in [9.17, 15) is 4.79 Å². The van der Waals surface area contributed by atoms with E-state index in [0.717, 1.165) is 0 Å². The highest BCUT2D eigenvalue weighted by atomic mass is 32.1. The van der Waals surface area contributed by atoms with Gasteiger partial charge in [0.05, 0.1) is 28.0 Å². The highest BCUT2D eigenvalue weighted by molar-refractivity contribution is 7.13. The molecule has 0 aliphatic carbocycles. The normalized spacial score (nSPS) is 14.7. The van der Waals surface area contributed by atoms with Gasteiger partial charge < -0.3 is 30.3 Å². The number of likely N-dealkylation sites (tertiary alicyclic amines) is 1. The molecule has 44 heavy (non-hydrogen) atoms. The van der Waals surface area contributed by atoms with Gasteiger partial charge in [0, 0.05) is 60.5 Å². The van der Waals surface area contributed by atoms with Crippen LogP contribution in [0.25, 0.3) is 10.9 Å². The fourth-order valence-corrected chi connectivity index (χ4v) is 5.37. The summed E-state index contributed by atoms with van der Waals surface area (Å²) < 4.78 is 49.6. The minimum atomic E-state index is -2.71. The van der Waals surface area contributed by atoms with Gasteiger partial charge >= 0.3 is 0 Å². The van der Waals surface area contributed by atoms with Crippen LogP contribution < -0.4 is 25.4 Å². The number of rotatable bonds is 10. The highest BCUT2D eigenvalue weighted by Crippen LogP contribution is 2.35. The molecule has 11 nitrogen and oxygen atoms in total. The number of ether oxygens (including phenoxy) is 2. The molecule has 1 saturated heterocycles. The van der Waals surface area contributed by atoms with Crippen molar-refractivity contribution in [1.82, 2.24) is 24.8 Å². The summed E-state index contributed by atoms with van der Waals surface area (Å²) in [6.45, 7) is 4.59. The van der Waals surface area contributed by atoms with E-state index in [4.69, 9.17) is 13.6 Å². The van der Waals surface area contributed by atoms with Crippen LogP contribution in [0, 0.1) is 5.82 Å². The molecule has 1 amide bonds. The number of nitrogens with one attached hydrogen (secondary N) is 3. The molecule has 0 atom stereocenters. The predicted molar refractivity (Wildman–Crippen MR) is 169 cm³/mol. The molecule has 0 bridgehead atoms. The summed E-state index contributed by atoms with van der Waals surface area (Å²) in [6.07, 6.45) is 7.09. The van der Waals surface area contributed by atoms with Crippen LogP contribution in [0.2, 0.25) is 0 Å². The third-order valence-electron chi connectivity index (χ3n) is 7.02. The molecule has 0 saturated carbocycles. The summed E-state index contributed by atoms with van der Waals surface area (Å²) in [4.78, 5) is 30.8. The van der Waals surface area contributed by atoms with Gasteiger partial charge in [-0.3, -0.25) is 4.79 Å². The van der Waals surface area contributed by atoms with Crippen molar-refractivity contribution < 1.29 is 22.8 Å². The number of amides is 1. The first-order chi connectivity index (χ1) is 22.6. The number of benzene rings is 2. The van der Waals surface area contributed by atoms with E-state index < -0.39 is 12.9 Å². The van der Waals surface area contributed by atoms with Crippen molar-refractivity contribution in [2.45, 2.75) is 18.9 Å². The summed E-state index contributed by atoms with van der Waals surface area (Å²) in [5.74, 6) is 0.906. The van der Waals surface area contributed by atoms with Gasteiger partial charge in [0.1, 0.15) is 41.0 Å². The van der Waals surface area contributed by atoms with Gasteiger partial charge in [-0.15, -0.1) is 11.3 Å². The fraction of sp³-hybridized carbons (Fsp3) is 0.194. The first kappa shape index (κ1) is 25.2. The second-order valence-corrected chi connectivity index (χ2v) is 10.7. The maximum Gasteiger partial charge on any atom is 0.245 e. The Morgan fingerprint density at radius 3 is 2.70 bits per heavy atom. The van der Waals surface area contributed by atoms with Crippen LogP contribution in [0.1, 0.15) is 17.0 Å². The molecule has 1 aliphatic heterocycles. The lowest BCUT2D eigenvalue weighted by Crippen LogP contribution is -2.41. The molecule has 13 heteroatoms. The molecule has 224 valence electrons. The van der Waals surface area contributed by atoms with Crippen molar-refractivity contribution in [3.05, 3.63) is 85.0 Å². The highest BCUT2D eigenvalue weighted by Gasteiger charge is 2.23. The Bertz CT molecular complexity index is 1900. The first-order valence-electron chi connectivity index (χ1n) is 15.2. The van der Waals surface area contributed by atoms with E-state index in [1.165, 1.54) is 41.9 Å². The average Bonchev–Trinajstić information content (AvgIpc) is 3.55. The molecule has 0 radical (unpaired) electrons. The van der Waals surface area contributed by atoms with Crippen molar-refractivity contribution in [2.75, 3.05) is 36.1 Å². The number of fused-ring (bicyclic) bond motifs is 1. The van der Waals surface area contributed by atoms with Crippen LogP contribution in [0.3, 0.4) is 0 Å². The second-order valence-electron chi connectivity index (χ2n) is 9.85. The number of nitrogens with zero attached hydrogens (tertiary/aromatic N) is 5. The van der Waals surface area contributed by atoms with Crippen molar-refractivity contribution >= 4 is 56.3 Å². The predicted octanol–water partition coefficient (Wildman–Crippen LogP) is 6.50. The zero-order chi connectivity index (χ0) is 33.0. The summed E-state index contributed by atoms with van der Waals surface area (Å²) in [5.41, 5.74) is 0.930. The molecule has 3 N–H and O–H groups in total. The van der Waals surface area contributed by atoms with Crippen molar-refractivity contribution in [2.24, 2.45) is 0 Å². The number of piperidine rings is 1. The van der Waals surface area contributed by atoms with E-state index in [1.807, 2.05) is 5.38 Å². The Kier molecular flexibility index (Phi) is 7.40. The Labute approximate surface area is 261 Å². The number of hydrogen-bond acceptors (Lipinski definition) is 11. The Morgan fingerprint density at radius 2 is 1.93 bits per heavy atom. The topological polar surface area (TPSA) is 126 Å². The Morgan fingerprint density at radius 1 is 1.07 bits per heavy atom. The minimum Gasteiger partial charge on any atom is -0.495 e. The maximum atomic E-state index is 15.4. The third-order valence-corrected chi connectivity index (χ3v) is 7.70. The number of anilines is 5. The van der Waals surface area contributed by atoms with E-state index in [0.29, 0.717) is 65.0 Å². The van der Waals surface area contributed by atoms with E-state index in [1.54, 1.807) is 41.6 Å². The number of hydrogen-bond donors (Lipinski definition) is 3. The molecule has 1 fully saturated rings. The second kappa shape index (κ2) is 12.9. The smallest absolute Gasteiger partial charge is 0.245 e. The van der Waals surface area contributed by atoms with Crippen LogP contribution in [-0.2, 0) is 4.79 Å². The molecule has 0 unspecified atom stereocenters. The number of aromatic nitrogens is 4. The number of thiazole rings is 1. The van der Waals surface area contributed by atoms with E-state index in [-0.39, 0.29) is 29.1 Å². The summed E-state index contributed by atoms with van der Waals surface area (Å²) in [6, 6.07) is 10.8. The van der Waals surface area contributed by atoms with Gasteiger partial charge in [-0.2, -0.15) is 0 Å².